The molecule has 0 radical (unpaired) electrons. The highest BCUT2D eigenvalue weighted by molar-refractivity contribution is 9.10. The first-order valence-corrected chi connectivity index (χ1v) is 11.6. The van der Waals surface area contributed by atoms with Crippen LogP contribution in [0.2, 0.25) is 5.02 Å². The molecule has 0 aromatic heterocycles. The van der Waals surface area contributed by atoms with E-state index in [4.69, 9.17) is 11.6 Å². The molecule has 0 heterocycles. The number of nitrogens with one attached hydrogen (secondary N) is 1. The van der Waals surface area contributed by atoms with Crippen LogP contribution in [-0.4, -0.2) is 32.7 Å². The third kappa shape index (κ3) is 4.43. The highest BCUT2D eigenvalue weighted by Gasteiger charge is 2.30. The Bertz CT molecular complexity index is 973. The lowest BCUT2D eigenvalue weighted by atomic mass is 9.77. The molecular weight excluding hydrogens is 464 g/mol. The SMILES string of the molecule is CN(C)S(=O)(=O)c1cc(C(=O)NC(c2ccc(Cl)cc2)C2CCC2)ccc1Br. The average Bonchev–Trinajstić information content (AvgIpc) is 2.60. The molecule has 5 nitrogen and oxygen atoms in total. The van der Waals surface area contributed by atoms with Gasteiger partial charge in [0.2, 0.25) is 10.0 Å². The summed E-state index contributed by atoms with van der Waals surface area (Å²) in [7, 11) is -0.747. The molecule has 0 aliphatic heterocycles. The number of rotatable bonds is 6. The maximum absolute atomic E-state index is 12.9. The molecule has 3 rings (SSSR count). The molecule has 2 aromatic rings. The van der Waals surface area contributed by atoms with Crippen molar-refractivity contribution >= 4 is 43.5 Å². The molecule has 1 aliphatic rings. The van der Waals surface area contributed by atoms with Crippen molar-refractivity contribution in [3.8, 4) is 0 Å². The van der Waals surface area contributed by atoms with Crippen LogP contribution < -0.4 is 5.32 Å². The second-order valence-electron chi connectivity index (χ2n) is 7.13. The molecule has 0 spiro atoms. The van der Waals surface area contributed by atoms with Gasteiger partial charge in [0.15, 0.2) is 0 Å². The molecule has 0 bridgehead atoms. The van der Waals surface area contributed by atoms with E-state index in [1.54, 1.807) is 12.1 Å². The van der Waals surface area contributed by atoms with E-state index in [1.165, 1.54) is 20.2 Å². The highest BCUT2D eigenvalue weighted by Crippen LogP contribution is 2.38. The van der Waals surface area contributed by atoms with Crippen LogP contribution in [0.3, 0.4) is 0 Å². The first kappa shape index (κ1) is 21.3. The van der Waals surface area contributed by atoms with E-state index in [2.05, 4.69) is 21.2 Å². The van der Waals surface area contributed by atoms with E-state index in [1.807, 2.05) is 24.3 Å². The fourth-order valence-corrected chi connectivity index (χ4v) is 5.15. The van der Waals surface area contributed by atoms with E-state index in [-0.39, 0.29) is 16.8 Å². The second kappa shape index (κ2) is 8.53. The van der Waals surface area contributed by atoms with Gasteiger partial charge in [-0.2, -0.15) is 0 Å². The molecular formula is C20H22BrClN2O3S. The van der Waals surface area contributed by atoms with Crippen LogP contribution in [0.25, 0.3) is 0 Å². The Morgan fingerprint density at radius 1 is 1.18 bits per heavy atom. The number of amides is 1. The van der Waals surface area contributed by atoms with Crippen LogP contribution in [0, 0.1) is 5.92 Å². The van der Waals surface area contributed by atoms with Crippen molar-refractivity contribution in [3.63, 3.8) is 0 Å². The molecule has 8 heteroatoms. The van der Waals surface area contributed by atoms with Gasteiger partial charge in [0, 0.05) is 29.2 Å². The summed E-state index contributed by atoms with van der Waals surface area (Å²) in [6.07, 6.45) is 3.25. The Morgan fingerprint density at radius 3 is 2.36 bits per heavy atom. The van der Waals surface area contributed by atoms with Crippen molar-refractivity contribution in [3.05, 3.63) is 63.1 Å². The standard InChI is InChI=1S/C20H22BrClN2O3S/c1-24(2)28(26,27)18-12-15(8-11-17(18)21)20(25)23-19(13-4-3-5-13)14-6-9-16(22)10-7-14/h6-13,19H,3-5H2,1-2H3,(H,23,25). The predicted octanol–water partition coefficient (Wildman–Crippen LogP) is 4.62. The summed E-state index contributed by atoms with van der Waals surface area (Å²) in [6, 6.07) is 12.0. The predicted molar refractivity (Wildman–Crippen MR) is 114 cm³/mol. The smallest absolute Gasteiger partial charge is 0.251 e. The van der Waals surface area contributed by atoms with Gasteiger partial charge in [-0.25, -0.2) is 12.7 Å². The zero-order chi connectivity index (χ0) is 20.5. The number of carbonyl (C=O) groups excluding carboxylic acids is 1. The molecule has 1 fully saturated rings. The lowest BCUT2D eigenvalue weighted by molar-refractivity contribution is 0.0900. The molecule has 1 atom stereocenters. The number of halogens is 2. The monoisotopic (exact) mass is 484 g/mol. The lowest BCUT2D eigenvalue weighted by Gasteiger charge is -2.34. The fourth-order valence-electron chi connectivity index (χ4n) is 3.18. The second-order valence-corrected chi connectivity index (χ2v) is 10.5. The van der Waals surface area contributed by atoms with Crippen LogP contribution >= 0.6 is 27.5 Å². The van der Waals surface area contributed by atoms with E-state index >= 15 is 0 Å². The summed E-state index contributed by atoms with van der Waals surface area (Å²) < 4.78 is 26.6. The van der Waals surface area contributed by atoms with Crippen molar-refractivity contribution in [1.82, 2.24) is 9.62 Å². The van der Waals surface area contributed by atoms with Gasteiger partial charge in [-0.15, -0.1) is 0 Å². The normalized spacial score (nSPS) is 15.9. The van der Waals surface area contributed by atoms with Gasteiger partial charge in [-0.3, -0.25) is 4.79 Å². The molecule has 0 saturated heterocycles. The van der Waals surface area contributed by atoms with Crippen molar-refractivity contribution in [1.29, 1.82) is 0 Å². The van der Waals surface area contributed by atoms with E-state index in [9.17, 15) is 13.2 Å². The fraction of sp³-hybridized carbons (Fsp3) is 0.350. The van der Waals surface area contributed by atoms with Crippen LogP contribution in [0.1, 0.15) is 41.2 Å². The maximum Gasteiger partial charge on any atom is 0.251 e. The molecule has 28 heavy (non-hydrogen) atoms. The summed E-state index contributed by atoms with van der Waals surface area (Å²) >= 11 is 9.26. The van der Waals surface area contributed by atoms with Crippen molar-refractivity contribution in [2.45, 2.75) is 30.2 Å². The van der Waals surface area contributed by atoms with Gasteiger partial charge in [0.05, 0.1) is 10.9 Å². The summed E-state index contributed by atoms with van der Waals surface area (Å²) in [5.74, 6) is 0.0695. The number of hydrogen-bond donors (Lipinski definition) is 1. The Hall–Kier alpha value is -1.41. The van der Waals surface area contributed by atoms with Crippen LogP contribution in [0.15, 0.2) is 51.8 Å². The van der Waals surface area contributed by atoms with Gasteiger partial charge in [-0.05, 0) is 70.6 Å². The van der Waals surface area contributed by atoms with Gasteiger partial charge in [-0.1, -0.05) is 30.2 Å². The molecule has 1 N–H and O–H groups in total. The van der Waals surface area contributed by atoms with Crippen molar-refractivity contribution in [2.24, 2.45) is 5.92 Å². The average molecular weight is 486 g/mol. The van der Waals surface area contributed by atoms with Crippen LogP contribution in [0.4, 0.5) is 0 Å². The van der Waals surface area contributed by atoms with Gasteiger partial charge >= 0.3 is 0 Å². The van der Waals surface area contributed by atoms with E-state index in [0.29, 0.717) is 21.0 Å². The third-order valence-electron chi connectivity index (χ3n) is 5.09. The van der Waals surface area contributed by atoms with Crippen LogP contribution in [-0.2, 0) is 10.0 Å². The number of sulfonamides is 1. The number of nitrogens with zero attached hydrogens (tertiary/aromatic N) is 1. The summed E-state index contributed by atoms with van der Waals surface area (Å²) in [5, 5.41) is 3.74. The topological polar surface area (TPSA) is 66.5 Å². The molecule has 1 amide bonds. The first-order chi connectivity index (χ1) is 13.2. The third-order valence-corrected chi connectivity index (χ3v) is 8.15. The summed E-state index contributed by atoms with van der Waals surface area (Å²) in [4.78, 5) is 13.0. The maximum atomic E-state index is 12.9. The Balaban J connectivity index is 1.89. The van der Waals surface area contributed by atoms with Crippen LogP contribution in [0.5, 0.6) is 0 Å². The molecule has 1 aliphatic carbocycles. The Labute approximate surface area is 179 Å². The van der Waals surface area contributed by atoms with Gasteiger partial charge in [0.25, 0.3) is 5.91 Å². The van der Waals surface area contributed by atoms with E-state index < -0.39 is 10.0 Å². The van der Waals surface area contributed by atoms with Gasteiger partial charge < -0.3 is 5.32 Å². The highest BCUT2D eigenvalue weighted by atomic mass is 79.9. The number of carbonyl (C=O) groups is 1. The first-order valence-electron chi connectivity index (χ1n) is 8.98. The Morgan fingerprint density at radius 2 is 1.82 bits per heavy atom. The number of hydrogen-bond acceptors (Lipinski definition) is 3. The molecule has 1 saturated carbocycles. The Kier molecular flexibility index (Phi) is 6.49. The minimum atomic E-state index is -3.67. The minimum Gasteiger partial charge on any atom is -0.345 e. The summed E-state index contributed by atoms with van der Waals surface area (Å²) in [5.41, 5.74) is 1.31. The number of benzene rings is 2. The zero-order valence-corrected chi connectivity index (χ0v) is 18.8. The van der Waals surface area contributed by atoms with Crippen molar-refractivity contribution < 1.29 is 13.2 Å². The molecule has 150 valence electrons. The quantitative estimate of drug-likeness (QED) is 0.649. The van der Waals surface area contributed by atoms with Gasteiger partial charge in [0.1, 0.15) is 0 Å². The van der Waals surface area contributed by atoms with E-state index in [0.717, 1.165) is 29.1 Å². The summed E-state index contributed by atoms with van der Waals surface area (Å²) in [6.45, 7) is 0. The molecule has 2 aromatic carbocycles. The van der Waals surface area contributed by atoms with Crippen molar-refractivity contribution in [2.75, 3.05) is 14.1 Å². The molecule has 1 unspecified atom stereocenters. The zero-order valence-electron chi connectivity index (χ0n) is 15.7. The largest absolute Gasteiger partial charge is 0.345 e. The minimum absolute atomic E-state index is 0.0665. The lowest BCUT2D eigenvalue weighted by Crippen LogP contribution is -2.36.